The molecule has 1 atom stereocenters. The van der Waals surface area contributed by atoms with Crippen LogP contribution in [0.2, 0.25) is 0 Å². The van der Waals surface area contributed by atoms with Gasteiger partial charge in [-0.15, -0.1) is 0 Å². The first-order valence-electron chi connectivity index (χ1n) is 6.41. The van der Waals surface area contributed by atoms with Crippen molar-refractivity contribution in [1.29, 1.82) is 0 Å². The van der Waals surface area contributed by atoms with Gasteiger partial charge in [0, 0.05) is 35.9 Å². The number of imidazole rings is 1. The molecule has 1 unspecified atom stereocenters. The second-order valence-electron chi connectivity index (χ2n) is 4.60. The van der Waals surface area contributed by atoms with Crippen LogP contribution in [0.25, 0.3) is 0 Å². The Morgan fingerprint density at radius 2 is 2.30 bits per heavy atom. The lowest BCUT2D eigenvalue weighted by molar-refractivity contribution is 0.395. The van der Waals surface area contributed by atoms with Crippen molar-refractivity contribution in [2.75, 3.05) is 7.11 Å². The minimum Gasteiger partial charge on any atom is -0.496 e. The average molecular weight is 339 g/mol. The molecule has 5 nitrogen and oxygen atoms in total. The first-order valence-corrected chi connectivity index (χ1v) is 7.20. The number of benzene rings is 1. The molecular formula is C14H19BrN4O. The van der Waals surface area contributed by atoms with E-state index in [4.69, 9.17) is 10.6 Å². The van der Waals surface area contributed by atoms with E-state index in [-0.39, 0.29) is 6.04 Å². The normalized spacial score (nSPS) is 12.4. The number of rotatable bonds is 6. The van der Waals surface area contributed by atoms with E-state index >= 15 is 0 Å². The van der Waals surface area contributed by atoms with Gasteiger partial charge in [0.2, 0.25) is 0 Å². The molecular weight excluding hydrogens is 320 g/mol. The van der Waals surface area contributed by atoms with Gasteiger partial charge in [0.05, 0.1) is 13.2 Å². The molecule has 1 aromatic heterocycles. The maximum atomic E-state index is 5.70. The summed E-state index contributed by atoms with van der Waals surface area (Å²) in [6, 6.07) is 5.98. The van der Waals surface area contributed by atoms with Gasteiger partial charge in [-0.1, -0.05) is 22.0 Å². The number of nitrogens with one attached hydrogen (secondary N) is 1. The maximum Gasteiger partial charge on any atom is 0.124 e. The highest BCUT2D eigenvalue weighted by Crippen LogP contribution is 2.30. The number of halogens is 1. The standard InChI is InChI=1S/C14H19BrN4O/c1-19-8-7-17-14(19)6-5-12(18-16)11-4-3-10(15)9-13(11)20-2/h3-4,7-9,12,18H,5-6,16H2,1-2H3. The summed E-state index contributed by atoms with van der Waals surface area (Å²) in [5, 5.41) is 0. The Balaban J connectivity index is 2.14. The van der Waals surface area contributed by atoms with Crippen molar-refractivity contribution in [1.82, 2.24) is 15.0 Å². The van der Waals surface area contributed by atoms with Gasteiger partial charge in [0.25, 0.3) is 0 Å². The number of methoxy groups -OCH3 is 1. The van der Waals surface area contributed by atoms with E-state index in [0.29, 0.717) is 0 Å². The van der Waals surface area contributed by atoms with Crippen molar-refractivity contribution in [3.05, 3.63) is 46.5 Å². The van der Waals surface area contributed by atoms with Crippen LogP contribution >= 0.6 is 15.9 Å². The van der Waals surface area contributed by atoms with Crippen LogP contribution in [-0.2, 0) is 13.5 Å². The molecule has 20 heavy (non-hydrogen) atoms. The Morgan fingerprint density at radius 3 is 2.90 bits per heavy atom. The molecule has 2 aromatic rings. The molecule has 0 amide bonds. The van der Waals surface area contributed by atoms with Crippen molar-refractivity contribution in [3.63, 3.8) is 0 Å². The van der Waals surface area contributed by atoms with Gasteiger partial charge in [-0.05, 0) is 18.6 Å². The van der Waals surface area contributed by atoms with Gasteiger partial charge in [-0.25, -0.2) is 4.98 Å². The van der Waals surface area contributed by atoms with E-state index in [1.54, 1.807) is 13.3 Å². The second-order valence-corrected chi connectivity index (χ2v) is 5.51. The predicted molar refractivity (Wildman–Crippen MR) is 82.3 cm³/mol. The van der Waals surface area contributed by atoms with E-state index in [9.17, 15) is 0 Å². The lowest BCUT2D eigenvalue weighted by Crippen LogP contribution is -2.29. The maximum absolute atomic E-state index is 5.70. The molecule has 1 aromatic carbocycles. The number of ether oxygens (including phenoxy) is 1. The molecule has 3 N–H and O–H groups in total. The van der Waals surface area contributed by atoms with E-state index in [0.717, 1.165) is 34.5 Å². The highest BCUT2D eigenvalue weighted by molar-refractivity contribution is 9.10. The van der Waals surface area contributed by atoms with Crippen LogP contribution in [0.5, 0.6) is 5.75 Å². The lowest BCUT2D eigenvalue weighted by Gasteiger charge is -2.19. The molecule has 0 radical (unpaired) electrons. The molecule has 0 fully saturated rings. The van der Waals surface area contributed by atoms with Crippen LogP contribution in [0.1, 0.15) is 23.9 Å². The predicted octanol–water partition coefficient (Wildman–Crippen LogP) is 2.33. The number of aromatic nitrogens is 2. The fraction of sp³-hybridized carbons (Fsp3) is 0.357. The van der Waals surface area contributed by atoms with Crippen LogP contribution in [0.3, 0.4) is 0 Å². The summed E-state index contributed by atoms with van der Waals surface area (Å²) in [4.78, 5) is 4.33. The van der Waals surface area contributed by atoms with Gasteiger partial charge < -0.3 is 9.30 Å². The molecule has 0 aliphatic heterocycles. The Bertz CT molecular complexity index is 570. The van der Waals surface area contributed by atoms with Crippen LogP contribution in [0, 0.1) is 0 Å². The number of nitrogens with zero attached hydrogens (tertiary/aromatic N) is 2. The third kappa shape index (κ3) is 3.39. The second kappa shape index (κ2) is 6.88. The zero-order chi connectivity index (χ0) is 14.5. The first kappa shape index (κ1) is 15.0. The SMILES string of the molecule is COc1cc(Br)ccc1C(CCc1nccn1C)NN. The summed E-state index contributed by atoms with van der Waals surface area (Å²) in [5.41, 5.74) is 3.91. The molecule has 0 spiro atoms. The van der Waals surface area contributed by atoms with Crippen molar-refractivity contribution in [2.24, 2.45) is 12.9 Å². The molecule has 6 heteroatoms. The Kier molecular flexibility index (Phi) is 5.17. The summed E-state index contributed by atoms with van der Waals surface area (Å²) in [6.07, 6.45) is 5.44. The fourth-order valence-corrected chi connectivity index (χ4v) is 2.55. The zero-order valence-corrected chi connectivity index (χ0v) is 13.2. The number of aryl methyl sites for hydroxylation is 2. The largest absolute Gasteiger partial charge is 0.496 e. The molecule has 0 aliphatic carbocycles. The van der Waals surface area contributed by atoms with E-state index < -0.39 is 0 Å². The molecule has 0 saturated carbocycles. The lowest BCUT2D eigenvalue weighted by atomic mass is 10.0. The third-order valence-electron chi connectivity index (χ3n) is 3.35. The third-order valence-corrected chi connectivity index (χ3v) is 3.84. The molecule has 1 heterocycles. The van der Waals surface area contributed by atoms with Crippen LogP contribution in [0.15, 0.2) is 35.1 Å². The van der Waals surface area contributed by atoms with Gasteiger partial charge in [0.1, 0.15) is 11.6 Å². The number of hydrogen-bond acceptors (Lipinski definition) is 4. The van der Waals surface area contributed by atoms with Crippen LogP contribution in [-0.4, -0.2) is 16.7 Å². The molecule has 2 rings (SSSR count). The van der Waals surface area contributed by atoms with Crippen molar-refractivity contribution in [3.8, 4) is 5.75 Å². The van der Waals surface area contributed by atoms with Gasteiger partial charge >= 0.3 is 0 Å². The zero-order valence-electron chi connectivity index (χ0n) is 11.6. The van der Waals surface area contributed by atoms with Crippen LogP contribution < -0.4 is 16.0 Å². The van der Waals surface area contributed by atoms with Crippen molar-refractivity contribution in [2.45, 2.75) is 18.9 Å². The Morgan fingerprint density at radius 1 is 1.50 bits per heavy atom. The van der Waals surface area contributed by atoms with Gasteiger partial charge in [0.15, 0.2) is 0 Å². The quantitative estimate of drug-likeness (QED) is 0.626. The minimum absolute atomic E-state index is 0.0229. The monoisotopic (exact) mass is 338 g/mol. The first-order chi connectivity index (χ1) is 9.65. The minimum atomic E-state index is 0.0229. The summed E-state index contributed by atoms with van der Waals surface area (Å²) >= 11 is 3.44. The van der Waals surface area contributed by atoms with E-state index in [2.05, 4.69) is 26.3 Å². The summed E-state index contributed by atoms with van der Waals surface area (Å²) < 4.78 is 8.43. The molecule has 0 bridgehead atoms. The van der Waals surface area contributed by atoms with Crippen LogP contribution in [0.4, 0.5) is 0 Å². The highest BCUT2D eigenvalue weighted by atomic mass is 79.9. The fourth-order valence-electron chi connectivity index (χ4n) is 2.21. The topological polar surface area (TPSA) is 65.1 Å². The number of hydrazine groups is 1. The van der Waals surface area contributed by atoms with E-state index in [1.807, 2.05) is 36.0 Å². The highest BCUT2D eigenvalue weighted by Gasteiger charge is 2.16. The van der Waals surface area contributed by atoms with Gasteiger partial charge in [-0.2, -0.15) is 0 Å². The van der Waals surface area contributed by atoms with Gasteiger partial charge in [-0.3, -0.25) is 11.3 Å². The molecule has 0 saturated heterocycles. The van der Waals surface area contributed by atoms with Crippen molar-refractivity contribution >= 4 is 15.9 Å². The summed E-state index contributed by atoms with van der Waals surface area (Å²) in [5.74, 6) is 7.56. The molecule has 0 aliphatic rings. The smallest absolute Gasteiger partial charge is 0.124 e. The summed E-state index contributed by atoms with van der Waals surface area (Å²) in [6.45, 7) is 0. The summed E-state index contributed by atoms with van der Waals surface area (Å²) in [7, 11) is 3.66. The average Bonchev–Trinajstić information content (AvgIpc) is 2.86. The number of nitrogens with two attached hydrogens (primary N) is 1. The Hall–Kier alpha value is -1.37. The van der Waals surface area contributed by atoms with Crippen molar-refractivity contribution < 1.29 is 4.74 Å². The number of hydrogen-bond donors (Lipinski definition) is 2. The molecule has 108 valence electrons. The Labute approximate surface area is 127 Å². The van der Waals surface area contributed by atoms with E-state index in [1.165, 1.54) is 0 Å².